The number of carbonyl (C=O) groups is 1. The molecule has 4 aromatic rings. The molecule has 1 aromatic heterocycles. The van der Waals surface area contributed by atoms with E-state index in [1.54, 1.807) is 4.90 Å². The summed E-state index contributed by atoms with van der Waals surface area (Å²) in [4.78, 5) is 15.3. The molecule has 0 spiro atoms. The largest absolute Gasteiger partial charge is 0.479 e. The second-order valence-electron chi connectivity index (χ2n) is 7.91. The van der Waals surface area contributed by atoms with Gasteiger partial charge >= 0.3 is 0 Å². The monoisotopic (exact) mass is 426 g/mol. The van der Waals surface area contributed by atoms with E-state index in [9.17, 15) is 4.79 Å². The van der Waals surface area contributed by atoms with E-state index in [1.807, 2.05) is 73.8 Å². The molecule has 0 atom stereocenters. The minimum absolute atomic E-state index is 0.0153. The summed E-state index contributed by atoms with van der Waals surface area (Å²) in [5.74, 6) is 1.39. The quantitative estimate of drug-likeness (QED) is 0.341. The number of nitriles is 1. The first kappa shape index (κ1) is 21.5. The lowest BCUT2D eigenvalue weighted by atomic mass is 10.0. The van der Waals surface area contributed by atoms with Gasteiger partial charge in [-0.1, -0.05) is 55.8 Å². The van der Waals surface area contributed by atoms with Gasteiger partial charge in [-0.2, -0.15) is 5.26 Å². The second kappa shape index (κ2) is 9.57. The number of rotatable bonds is 8. The summed E-state index contributed by atoms with van der Waals surface area (Å²) in [6.45, 7) is 2.62. The molecule has 162 valence electrons. The summed E-state index contributed by atoms with van der Waals surface area (Å²) < 4.78 is 11.5. The fourth-order valence-electron chi connectivity index (χ4n) is 4.03. The third-order valence-electron chi connectivity index (χ3n) is 5.64. The normalized spacial score (nSPS) is 10.9. The zero-order chi connectivity index (χ0) is 22.5. The van der Waals surface area contributed by atoms with Crippen LogP contribution in [-0.2, 0) is 13.0 Å². The first-order valence-corrected chi connectivity index (χ1v) is 10.9. The molecule has 0 aliphatic heterocycles. The Morgan fingerprint density at radius 3 is 2.75 bits per heavy atom. The molecule has 5 heteroatoms. The summed E-state index contributed by atoms with van der Waals surface area (Å²) in [6.07, 6.45) is 2.76. The third-order valence-corrected chi connectivity index (χ3v) is 5.64. The molecule has 1 heterocycles. The first-order valence-electron chi connectivity index (χ1n) is 10.9. The zero-order valence-electron chi connectivity index (χ0n) is 18.4. The van der Waals surface area contributed by atoms with Crippen molar-refractivity contribution >= 4 is 27.6 Å². The Bertz CT molecular complexity index is 1300. The van der Waals surface area contributed by atoms with Crippen molar-refractivity contribution in [1.29, 1.82) is 5.26 Å². The molecule has 4 rings (SSSR count). The number of ether oxygens (including phenoxy) is 1. The van der Waals surface area contributed by atoms with Crippen molar-refractivity contribution < 1.29 is 13.9 Å². The van der Waals surface area contributed by atoms with Gasteiger partial charge < -0.3 is 14.1 Å². The number of carbonyl (C=O) groups excluding carboxylic acids is 1. The lowest BCUT2D eigenvalue weighted by Crippen LogP contribution is -2.27. The van der Waals surface area contributed by atoms with Crippen LogP contribution in [0.5, 0.6) is 5.75 Å². The summed E-state index contributed by atoms with van der Waals surface area (Å²) in [6, 6.07) is 21.5. The van der Waals surface area contributed by atoms with Crippen molar-refractivity contribution in [2.24, 2.45) is 0 Å². The Morgan fingerprint density at radius 2 is 1.94 bits per heavy atom. The molecule has 0 unspecified atom stereocenters. The van der Waals surface area contributed by atoms with Gasteiger partial charge in [-0.3, -0.25) is 4.79 Å². The average molecular weight is 427 g/mol. The topological polar surface area (TPSA) is 66.5 Å². The number of hydrogen-bond donors (Lipinski definition) is 0. The van der Waals surface area contributed by atoms with Gasteiger partial charge in [0.1, 0.15) is 23.2 Å². The lowest BCUT2D eigenvalue weighted by Gasteiger charge is -2.19. The number of furan rings is 1. The van der Waals surface area contributed by atoms with E-state index >= 15 is 0 Å². The van der Waals surface area contributed by atoms with E-state index in [2.05, 4.69) is 6.92 Å². The minimum Gasteiger partial charge on any atom is -0.479 e. The molecular formula is C27H26N2O3. The average Bonchev–Trinajstić information content (AvgIpc) is 3.19. The highest BCUT2D eigenvalue weighted by atomic mass is 16.5. The van der Waals surface area contributed by atoms with Crippen LogP contribution in [0.2, 0.25) is 0 Å². The maximum Gasteiger partial charge on any atom is 0.258 e. The molecule has 0 fully saturated rings. The molecule has 0 radical (unpaired) electrons. The van der Waals surface area contributed by atoms with Crippen LogP contribution >= 0.6 is 0 Å². The van der Waals surface area contributed by atoms with E-state index in [0.29, 0.717) is 17.9 Å². The summed E-state index contributed by atoms with van der Waals surface area (Å²) in [5, 5.41) is 11.7. The van der Waals surface area contributed by atoms with Crippen LogP contribution in [0.3, 0.4) is 0 Å². The summed E-state index contributed by atoms with van der Waals surface area (Å²) in [5.41, 5.74) is 2.47. The van der Waals surface area contributed by atoms with Crippen LogP contribution in [0.1, 0.15) is 41.4 Å². The van der Waals surface area contributed by atoms with E-state index in [4.69, 9.17) is 14.4 Å². The second-order valence-corrected chi connectivity index (χ2v) is 7.91. The Morgan fingerprint density at radius 1 is 1.09 bits per heavy atom. The van der Waals surface area contributed by atoms with Crippen molar-refractivity contribution in [2.45, 2.75) is 32.7 Å². The van der Waals surface area contributed by atoms with Gasteiger partial charge in [-0.05, 0) is 41.0 Å². The zero-order valence-corrected chi connectivity index (χ0v) is 18.4. The summed E-state index contributed by atoms with van der Waals surface area (Å²) >= 11 is 0. The molecule has 0 saturated carbocycles. The predicted octanol–water partition coefficient (Wildman–Crippen LogP) is 6.10. The van der Waals surface area contributed by atoms with Gasteiger partial charge in [0.2, 0.25) is 0 Å². The number of fused-ring (bicyclic) bond motifs is 2. The minimum atomic E-state index is -0.0352. The fourth-order valence-corrected chi connectivity index (χ4v) is 4.03. The van der Waals surface area contributed by atoms with Gasteiger partial charge in [0.25, 0.3) is 5.91 Å². The molecule has 5 nitrogen and oxygen atoms in total. The SMILES string of the molecule is CCCCc1oc2ccccc2c1C(=O)N(C)Cc1cccc2cc(OCC#N)ccc12. The number of amides is 1. The number of benzene rings is 3. The van der Waals surface area contributed by atoms with Crippen molar-refractivity contribution in [3.05, 3.63) is 77.6 Å². The highest BCUT2D eigenvalue weighted by Gasteiger charge is 2.23. The Balaban J connectivity index is 1.63. The molecule has 0 bridgehead atoms. The third kappa shape index (κ3) is 4.31. The molecule has 1 amide bonds. The Hall–Kier alpha value is -3.78. The maximum atomic E-state index is 13.5. The molecule has 0 aliphatic rings. The predicted molar refractivity (Wildman–Crippen MR) is 126 cm³/mol. The number of unbranched alkanes of at least 4 members (excludes halogenated alkanes) is 1. The van der Waals surface area contributed by atoms with E-state index in [-0.39, 0.29) is 12.5 Å². The molecular weight excluding hydrogens is 400 g/mol. The van der Waals surface area contributed by atoms with Gasteiger partial charge in [0, 0.05) is 25.4 Å². The number of para-hydroxylation sites is 1. The standard InChI is InChI=1S/C27H26N2O3/c1-3-4-11-25-26(23-10-5-6-12-24(23)32-25)27(30)29(2)18-20-9-7-8-19-17-21(31-16-15-28)13-14-22(19)20/h5-10,12-14,17H,3-4,11,16,18H2,1-2H3. The van der Waals surface area contributed by atoms with Crippen LogP contribution in [-0.4, -0.2) is 24.5 Å². The van der Waals surface area contributed by atoms with Gasteiger partial charge in [-0.25, -0.2) is 0 Å². The lowest BCUT2D eigenvalue weighted by molar-refractivity contribution is 0.0785. The highest BCUT2D eigenvalue weighted by molar-refractivity contribution is 6.07. The maximum absolute atomic E-state index is 13.5. The molecule has 0 aliphatic carbocycles. The van der Waals surface area contributed by atoms with Crippen LogP contribution in [0.25, 0.3) is 21.7 Å². The molecule has 3 aromatic carbocycles. The van der Waals surface area contributed by atoms with E-state index < -0.39 is 0 Å². The highest BCUT2D eigenvalue weighted by Crippen LogP contribution is 2.30. The van der Waals surface area contributed by atoms with E-state index in [0.717, 1.165) is 52.3 Å². The van der Waals surface area contributed by atoms with Crippen LogP contribution in [0, 0.1) is 11.3 Å². The molecule has 0 saturated heterocycles. The smallest absolute Gasteiger partial charge is 0.258 e. The van der Waals surface area contributed by atoms with Crippen molar-refractivity contribution in [3.8, 4) is 11.8 Å². The Kier molecular flexibility index (Phi) is 6.42. The number of nitrogens with zero attached hydrogens (tertiary/aromatic N) is 2. The van der Waals surface area contributed by atoms with Crippen molar-refractivity contribution in [3.63, 3.8) is 0 Å². The van der Waals surface area contributed by atoms with Crippen molar-refractivity contribution in [2.75, 3.05) is 13.7 Å². The fraction of sp³-hybridized carbons (Fsp3) is 0.259. The number of hydrogen-bond acceptors (Lipinski definition) is 4. The van der Waals surface area contributed by atoms with Gasteiger partial charge in [-0.15, -0.1) is 0 Å². The van der Waals surface area contributed by atoms with Gasteiger partial charge in [0.15, 0.2) is 6.61 Å². The van der Waals surface area contributed by atoms with Gasteiger partial charge in [0.05, 0.1) is 5.56 Å². The summed E-state index contributed by atoms with van der Waals surface area (Å²) in [7, 11) is 1.83. The Labute approximate surface area is 187 Å². The van der Waals surface area contributed by atoms with E-state index in [1.165, 1.54) is 0 Å². The molecule has 32 heavy (non-hydrogen) atoms. The van der Waals surface area contributed by atoms with Crippen LogP contribution in [0.4, 0.5) is 0 Å². The molecule has 0 N–H and O–H groups in total. The van der Waals surface area contributed by atoms with Crippen LogP contribution in [0.15, 0.2) is 65.1 Å². The number of aryl methyl sites for hydroxylation is 1. The van der Waals surface area contributed by atoms with Crippen molar-refractivity contribution in [1.82, 2.24) is 4.90 Å². The first-order chi connectivity index (χ1) is 15.6. The van der Waals surface area contributed by atoms with Crippen LogP contribution < -0.4 is 4.74 Å².